The zero-order chi connectivity index (χ0) is 20.1. The largest absolute Gasteiger partial charge is 0.444 e. The van der Waals surface area contributed by atoms with Crippen LogP contribution in [0.2, 0.25) is 0 Å². The highest BCUT2D eigenvalue weighted by molar-refractivity contribution is 7.09. The van der Waals surface area contributed by atoms with Gasteiger partial charge >= 0.3 is 6.09 Å². The first-order valence-corrected chi connectivity index (χ1v) is 9.90. The van der Waals surface area contributed by atoms with Crippen molar-refractivity contribution < 1.29 is 14.3 Å². The van der Waals surface area contributed by atoms with Crippen LogP contribution in [0.1, 0.15) is 31.3 Å². The second kappa shape index (κ2) is 8.43. The summed E-state index contributed by atoms with van der Waals surface area (Å²) >= 11 is 1.46. The highest BCUT2D eigenvalue weighted by atomic mass is 32.1. The summed E-state index contributed by atoms with van der Waals surface area (Å²) < 4.78 is 5.33. The van der Waals surface area contributed by atoms with Gasteiger partial charge in [-0.25, -0.2) is 9.78 Å². The maximum Gasteiger partial charge on any atom is 0.408 e. The van der Waals surface area contributed by atoms with Gasteiger partial charge in [0.25, 0.3) is 0 Å². The minimum atomic E-state index is -0.769. The van der Waals surface area contributed by atoms with Crippen molar-refractivity contribution in [1.82, 2.24) is 20.6 Å². The molecule has 3 aromatic rings. The number of hydrogen-bond acceptors (Lipinski definition) is 5. The zero-order valence-electron chi connectivity index (χ0n) is 16.1. The molecule has 2 aromatic heterocycles. The number of thiazole rings is 1. The van der Waals surface area contributed by atoms with Crippen molar-refractivity contribution in [2.75, 3.05) is 0 Å². The Labute approximate surface area is 167 Å². The van der Waals surface area contributed by atoms with E-state index in [2.05, 4.69) is 20.6 Å². The Hall–Kier alpha value is -2.87. The Bertz CT molecular complexity index is 944. The second-order valence-corrected chi connectivity index (χ2v) is 8.39. The number of rotatable bonds is 6. The summed E-state index contributed by atoms with van der Waals surface area (Å²) in [5.74, 6) is -0.286. The van der Waals surface area contributed by atoms with Gasteiger partial charge in [0.05, 0.1) is 6.54 Å². The highest BCUT2D eigenvalue weighted by Gasteiger charge is 2.25. The highest BCUT2D eigenvalue weighted by Crippen LogP contribution is 2.19. The molecule has 0 bridgehead atoms. The van der Waals surface area contributed by atoms with Gasteiger partial charge in [-0.2, -0.15) is 0 Å². The molecule has 0 unspecified atom stereocenters. The fourth-order valence-electron chi connectivity index (χ4n) is 2.81. The molecule has 28 heavy (non-hydrogen) atoms. The van der Waals surface area contributed by atoms with Crippen molar-refractivity contribution in [1.29, 1.82) is 0 Å². The van der Waals surface area contributed by atoms with E-state index in [9.17, 15) is 9.59 Å². The van der Waals surface area contributed by atoms with Gasteiger partial charge in [0, 0.05) is 35.1 Å². The molecule has 2 heterocycles. The molecule has 0 aliphatic rings. The lowest BCUT2D eigenvalue weighted by Gasteiger charge is -2.23. The number of hydrogen-bond donors (Lipinski definition) is 3. The standard InChI is InChI=1S/C20H24N4O3S/c1-20(2,3)27-19(26)24-16(18(25)23-12-17-21-8-9-28-17)10-13-11-22-15-7-5-4-6-14(13)15/h4-9,11,16,22H,10,12H2,1-3H3,(H,23,25)(H,24,26)/t16-/m0/s1. The molecule has 0 aliphatic heterocycles. The summed E-state index contributed by atoms with van der Waals surface area (Å²) in [5.41, 5.74) is 1.28. The number of fused-ring (bicyclic) bond motifs is 1. The van der Waals surface area contributed by atoms with Crippen LogP contribution < -0.4 is 10.6 Å². The number of ether oxygens (including phenoxy) is 1. The number of benzene rings is 1. The Morgan fingerprint density at radius 1 is 1.29 bits per heavy atom. The Morgan fingerprint density at radius 3 is 2.79 bits per heavy atom. The molecule has 0 saturated carbocycles. The summed E-state index contributed by atoms with van der Waals surface area (Å²) in [5, 5.41) is 9.22. The van der Waals surface area contributed by atoms with E-state index in [-0.39, 0.29) is 5.91 Å². The number of carbonyl (C=O) groups excluding carboxylic acids is 2. The molecule has 0 saturated heterocycles. The van der Waals surface area contributed by atoms with Gasteiger partial charge in [0.2, 0.25) is 5.91 Å². The SMILES string of the molecule is CC(C)(C)OC(=O)N[C@@H](Cc1c[nH]c2ccccc12)C(=O)NCc1nccs1. The quantitative estimate of drug-likeness (QED) is 0.591. The minimum Gasteiger partial charge on any atom is -0.444 e. The van der Waals surface area contributed by atoms with Crippen LogP contribution in [0.25, 0.3) is 10.9 Å². The molecule has 7 nitrogen and oxygen atoms in total. The molecule has 3 rings (SSSR count). The summed E-state index contributed by atoms with van der Waals surface area (Å²) in [6.45, 7) is 5.66. The van der Waals surface area contributed by atoms with Crippen LogP contribution in [0.4, 0.5) is 4.79 Å². The van der Waals surface area contributed by atoms with Gasteiger partial charge < -0.3 is 20.4 Å². The Kier molecular flexibility index (Phi) is 5.99. The predicted molar refractivity (Wildman–Crippen MR) is 109 cm³/mol. The molecule has 8 heteroatoms. The van der Waals surface area contributed by atoms with Crippen molar-refractivity contribution in [3.63, 3.8) is 0 Å². The van der Waals surface area contributed by atoms with E-state index in [1.54, 1.807) is 27.0 Å². The van der Waals surface area contributed by atoms with Crippen LogP contribution in [0.3, 0.4) is 0 Å². The lowest BCUT2D eigenvalue weighted by atomic mass is 10.0. The lowest BCUT2D eigenvalue weighted by Crippen LogP contribution is -2.49. The molecular formula is C20H24N4O3S. The third-order valence-electron chi connectivity index (χ3n) is 4.00. The second-order valence-electron chi connectivity index (χ2n) is 7.41. The van der Waals surface area contributed by atoms with Gasteiger partial charge in [-0.05, 0) is 32.4 Å². The van der Waals surface area contributed by atoms with E-state index in [4.69, 9.17) is 4.74 Å². The molecule has 3 N–H and O–H groups in total. The molecule has 0 fully saturated rings. The molecular weight excluding hydrogens is 376 g/mol. The lowest BCUT2D eigenvalue weighted by molar-refractivity contribution is -0.123. The normalized spacial score (nSPS) is 12.5. The van der Waals surface area contributed by atoms with E-state index in [1.807, 2.05) is 35.8 Å². The van der Waals surface area contributed by atoms with Crippen molar-refractivity contribution in [2.24, 2.45) is 0 Å². The van der Waals surface area contributed by atoms with Gasteiger partial charge in [-0.3, -0.25) is 4.79 Å². The predicted octanol–water partition coefficient (Wildman–Crippen LogP) is 3.38. The summed E-state index contributed by atoms with van der Waals surface area (Å²) in [6.07, 6.45) is 3.27. The van der Waals surface area contributed by atoms with Crippen LogP contribution in [0.5, 0.6) is 0 Å². The van der Waals surface area contributed by atoms with E-state index < -0.39 is 17.7 Å². The smallest absolute Gasteiger partial charge is 0.408 e. The average molecular weight is 401 g/mol. The van der Waals surface area contributed by atoms with E-state index in [0.29, 0.717) is 13.0 Å². The van der Waals surface area contributed by atoms with Crippen LogP contribution in [0.15, 0.2) is 42.0 Å². The third-order valence-corrected chi connectivity index (χ3v) is 4.78. The van der Waals surface area contributed by atoms with Gasteiger partial charge in [0.15, 0.2) is 0 Å². The van der Waals surface area contributed by atoms with Crippen LogP contribution in [-0.2, 0) is 22.5 Å². The molecule has 0 radical (unpaired) electrons. The summed E-state index contributed by atoms with van der Waals surface area (Å²) in [4.78, 5) is 32.4. The number of aromatic nitrogens is 2. The van der Waals surface area contributed by atoms with Gasteiger partial charge in [-0.15, -0.1) is 11.3 Å². The fourth-order valence-corrected chi connectivity index (χ4v) is 3.36. The molecule has 0 spiro atoms. The van der Waals surface area contributed by atoms with E-state index in [0.717, 1.165) is 21.5 Å². The fraction of sp³-hybridized carbons (Fsp3) is 0.350. The van der Waals surface area contributed by atoms with Crippen molar-refractivity contribution >= 4 is 34.2 Å². The average Bonchev–Trinajstić information content (AvgIpc) is 3.27. The molecule has 148 valence electrons. The first-order chi connectivity index (χ1) is 13.3. The number of alkyl carbamates (subject to hydrolysis) is 1. The number of H-pyrrole nitrogens is 1. The Morgan fingerprint density at radius 2 is 2.07 bits per heavy atom. The first kappa shape index (κ1) is 19.9. The maximum absolute atomic E-state index is 12.8. The van der Waals surface area contributed by atoms with Crippen molar-refractivity contribution in [2.45, 2.75) is 45.4 Å². The van der Waals surface area contributed by atoms with E-state index in [1.165, 1.54) is 11.3 Å². The van der Waals surface area contributed by atoms with Crippen LogP contribution in [0, 0.1) is 0 Å². The number of nitrogens with one attached hydrogen (secondary N) is 3. The number of para-hydroxylation sites is 1. The monoisotopic (exact) mass is 400 g/mol. The minimum absolute atomic E-state index is 0.286. The maximum atomic E-state index is 12.8. The third kappa shape index (κ3) is 5.32. The summed E-state index contributed by atoms with van der Waals surface area (Å²) in [7, 11) is 0. The van der Waals surface area contributed by atoms with Crippen molar-refractivity contribution in [3.05, 3.63) is 52.6 Å². The number of carbonyl (C=O) groups is 2. The van der Waals surface area contributed by atoms with E-state index >= 15 is 0 Å². The first-order valence-electron chi connectivity index (χ1n) is 9.02. The number of nitrogens with zero attached hydrogens (tertiary/aromatic N) is 1. The molecule has 0 aliphatic carbocycles. The van der Waals surface area contributed by atoms with Crippen molar-refractivity contribution in [3.8, 4) is 0 Å². The van der Waals surface area contributed by atoms with Gasteiger partial charge in [0.1, 0.15) is 16.7 Å². The molecule has 2 amide bonds. The topological polar surface area (TPSA) is 96.1 Å². The Balaban J connectivity index is 1.74. The number of amides is 2. The zero-order valence-corrected chi connectivity index (χ0v) is 16.9. The van der Waals surface area contributed by atoms with Crippen LogP contribution in [-0.4, -0.2) is 33.6 Å². The summed E-state index contributed by atoms with van der Waals surface area (Å²) in [6, 6.07) is 7.07. The number of aromatic amines is 1. The van der Waals surface area contributed by atoms with Gasteiger partial charge in [-0.1, -0.05) is 18.2 Å². The van der Waals surface area contributed by atoms with Crippen LogP contribution >= 0.6 is 11.3 Å². The molecule has 1 atom stereocenters. The molecule has 1 aromatic carbocycles.